The predicted molar refractivity (Wildman–Crippen MR) is 96.6 cm³/mol. The molecule has 1 atom stereocenters. The first kappa shape index (κ1) is 16.7. The molecule has 1 aromatic carbocycles. The van der Waals surface area contributed by atoms with Crippen molar-refractivity contribution < 1.29 is 4.52 Å². The Hall–Kier alpha value is -2.80. The van der Waals surface area contributed by atoms with Crippen molar-refractivity contribution in [2.45, 2.75) is 32.2 Å². The lowest BCUT2D eigenvalue weighted by atomic mass is 9.94. The molecule has 0 spiro atoms. The number of piperidine rings is 1. The average Bonchev–Trinajstić information content (AvgIpc) is 3.11. The molecule has 0 bridgehead atoms. The zero-order chi connectivity index (χ0) is 17.9. The van der Waals surface area contributed by atoms with E-state index in [-0.39, 0.29) is 11.5 Å². The summed E-state index contributed by atoms with van der Waals surface area (Å²) in [6.07, 6.45) is 3.57. The summed E-state index contributed by atoms with van der Waals surface area (Å²) in [6, 6.07) is 9.63. The maximum Gasteiger partial charge on any atom is 0.257 e. The standard InChI is InChI=1S/C19H21N5O2/c1-13-4-6-14(7-5-13)19-22-17(23-26-19)11-24-8-2-3-15(10-24)16-9-18(25)21-12-20-16/h4-7,9,12,15H,2-3,8,10-11H2,1H3,(H,20,21,25)/t15-/m0/s1. The third-order valence-corrected chi connectivity index (χ3v) is 4.75. The lowest BCUT2D eigenvalue weighted by Gasteiger charge is -2.31. The third kappa shape index (κ3) is 3.72. The minimum atomic E-state index is -0.104. The summed E-state index contributed by atoms with van der Waals surface area (Å²) >= 11 is 0. The number of aryl methyl sites for hydroxylation is 1. The molecule has 2 aromatic heterocycles. The van der Waals surface area contributed by atoms with Gasteiger partial charge in [0.25, 0.3) is 11.4 Å². The van der Waals surface area contributed by atoms with E-state index in [0.717, 1.165) is 37.2 Å². The SMILES string of the molecule is Cc1ccc(-c2nc(CN3CCC[C@H](c4cc(=O)[nH]cn4)C3)no2)cc1. The molecule has 1 aliphatic heterocycles. The molecule has 1 aliphatic rings. The van der Waals surface area contributed by atoms with Crippen LogP contribution in [-0.2, 0) is 6.54 Å². The minimum absolute atomic E-state index is 0.104. The highest BCUT2D eigenvalue weighted by atomic mass is 16.5. The van der Waals surface area contributed by atoms with Crippen molar-refractivity contribution in [3.05, 3.63) is 64.1 Å². The number of rotatable bonds is 4. The van der Waals surface area contributed by atoms with Crippen LogP contribution in [0, 0.1) is 6.92 Å². The molecule has 1 saturated heterocycles. The van der Waals surface area contributed by atoms with Gasteiger partial charge in [-0.15, -0.1) is 0 Å². The summed E-state index contributed by atoms with van der Waals surface area (Å²) in [5.41, 5.74) is 2.87. The lowest BCUT2D eigenvalue weighted by molar-refractivity contribution is 0.192. The van der Waals surface area contributed by atoms with E-state index in [1.54, 1.807) is 6.07 Å². The minimum Gasteiger partial charge on any atom is -0.334 e. The van der Waals surface area contributed by atoms with Crippen LogP contribution in [0.25, 0.3) is 11.5 Å². The fraction of sp³-hybridized carbons (Fsp3) is 0.368. The van der Waals surface area contributed by atoms with Crippen molar-refractivity contribution in [2.75, 3.05) is 13.1 Å². The van der Waals surface area contributed by atoms with Crippen molar-refractivity contribution in [3.8, 4) is 11.5 Å². The van der Waals surface area contributed by atoms with E-state index >= 15 is 0 Å². The highest BCUT2D eigenvalue weighted by Gasteiger charge is 2.24. The highest BCUT2D eigenvalue weighted by molar-refractivity contribution is 5.53. The second-order valence-electron chi connectivity index (χ2n) is 6.79. The van der Waals surface area contributed by atoms with Gasteiger partial charge in [0.1, 0.15) is 0 Å². The first-order chi connectivity index (χ1) is 12.7. The molecular weight excluding hydrogens is 330 g/mol. The first-order valence-electron chi connectivity index (χ1n) is 8.84. The summed E-state index contributed by atoms with van der Waals surface area (Å²) in [4.78, 5) is 25.2. The summed E-state index contributed by atoms with van der Waals surface area (Å²) in [5, 5.41) is 4.12. The Morgan fingerprint density at radius 1 is 1.31 bits per heavy atom. The van der Waals surface area contributed by atoms with E-state index in [1.165, 1.54) is 11.9 Å². The number of benzene rings is 1. The van der Waals surface area contributed by atoms with Gasteiger partial charge >= 0.3 is 0 Å². The molecule has 0 unspecified atom stereocenters. The van der Waals surface area contributed by atoms with Crippen molar-refractivity contribution >= 4 is 0 Å². The second kappa shape index (κ2) is 7.21. The first-order valence-corrected chi connectivity index (χ1v) is 8.84. The van der Waals surface area contributed by atoms with Gasteiger partial charge in [0.2, 0.25) is 0 Å². The Labute approximate surface area is 151 Å². The van der Waals surface area contributed by atoms with Crippen molar-refractivity contribution in [2.24, 2.45) is 0 Å². The quantitative estimate of drug-likeness (QED) is 0.777. The summed E-state index contributed by atoms with van der Waals surface area (Å²) in [6.45, 7) is 4.50. The van der Waals surface area contributed by atoms with Gasteiger partial charge in [-0.2, -0.15) is 4.98 Å². The Bertz CT molecular complexity index is 931. The van der Waals surface area contributed by atoms with Crippen LogP contribution in [0.1, 0.15) is 35.8 Å². The molecule has 134 valence electrons. The van der Waals surface area contributed by atoms with Gasteiger partial charge in [0.15, 0.2) is 5.82 Å². The highest BCUT2D eigenvalue weighted by Crippen LogP contribution is 2.26. The number of H-pyrrole nitrogens is 1. The van der Waals surface area contributed by atoms with E-state index in [2.05, 4.69) is 25.0 Å². The fourth-order valence-corrected chi connectivity index (χ4v) is 3.38. The maximum atomic E-state index is 11.5. The van der Waals surface area contributed by atoms with Crippen molar-refractivity contribution in [3.63, 3.8) is 0 Å². The van der Waals surface area contributed by atoms with Gasteiger partial charge in [-0.1, -0.05) is 22.9 Å². The lowest BCUT2D eigenvalue weighted by Crippen LogP contribution is -2.34. The Kier molecular flexibility index (Phi) is 4.62. The normalized spacial score (nSPS) is 18.1. The van der Waals surface area contributed by atoms with Crippen LogP contribution in [0.2, 0.25) is 0 Å². The second-order valence-corrected chi connectivity index (χ2v) is 6.79. The zero-order valence-corrected chi connectivity index (χ0v) is 14.7. The molecule has 0 saturated carbocycles. The van der Waals surface area contributed by atoms with E-state index < -0.39 is 0 Å². The van der Waals surface area contributed by atoms with Gasteiger partial charge in [0, 0.05) is 24.1 Å². The van der Waals surface area contributed by atoms with Gasteiger partial charge in [-0.05, 0) is 38.4 Å². The smallest absolute Gasteiger partial charge is 0.257 e. The monoisotopic (exact) mass is 351 g/mol. The van der Waals surface area contributed by atoms with Crippen LogP contribution in [0.5, 0.6) is 0 Å². The molecule has 1 fully saturated rings. The number of aromatic nitrogens is 4. The maximum absolute atomic E-state index is 11.5. The molecular formula is C19H21N5O2. The van der Waals surface area contributed by atoms with Gasteiger partial charge < -0.3 is 9.51 Å². The number of hydrogen-bond acceptors (Lipinski definition) is 6. The number of hydrogen-bond donors (Lipinski definition) is 1. The average molecular weight is 351 g/mol. The van der Waals surface area contributed by atoms with Crippen molar-refractivity contribution in [1.82, 2.24) is 25.0 Å². The Morgan fingerprint density at radius 3 is 2.96 bits per heavy atom. The number of aromatic amines is 1. The number of nitrogens with zero attached hydrogens (tertiary/aromatic N) is 4. The molecule has 3 aromatic rings. The topological polar surface area (TPSA) is 87.9 Å². The van der Waals surface area contributed by atoms with Crippen LogP contribution < -0.4 is 5.56 Å². The summed E-state index contributed by atoms with van der Waals surface area (Å²) < 4.78 is 5.41. The van der Waals surface area contributed by atoms with Crippen LogP contribution in [0.15, 0.2) is 46.0 Å². The zero-order valence-electron chi connectivity index (χ0n) is 14.7. The van der Waals surface area contributed by atoms with E-state index in [0.29, 0.717) is 18.3 Å². The molecule has 3 heterocycles. The number of nitrogens with one attached hydrogen (secondary N) is 1. The third-order valence-electron chi connectivity index (χ3n) is 4.75. The van der Waals surface area contributed by atoms with Crippen LogP contribution >= 0.6 is 0 Å². The molecule has 7 heteroatoms. The Balaban J connectivity index is 1.44. The molecule has 26 heavy (non-hydrogen) atoms. The molecule has 0 amide bonds. The summed E-state index contributed by atoms with van der Waals surface area (Å²) in [5.74, 6) is 1.49. The van der Waals surface area contributed by atoms with E-state index in [1.807, 2.05) is 31.2 Å². The van der Waals surface area contributed by atoms with Crippen LogP contribution in [0.3, 0.4) is 0 Å². The van der Waals surface area contributed by atoms with Crippen LogP contribution in [-0.4, -0.2) is 38.1 Å². The van der Waals surface area contributed by atoms with Gasteiger partial charge in [-0.3, -0.25) is 9.69 Å². The van der Waals surface area contributed by atoms with Crippen molar-refractivity contribution in [1.29, 1.82) is 0 Å². The van der Waals surface area contributed by atoms with Gasteiger partial charge in [-0.25, -0.2) is 4.98 Å². The summed E-state index contributed by atoms with van der Waals surface area (Å²) in [7, 11) is 0. The molecule has 1 N–H and O–H groups in total. The number of likely N-dealkylation sites (tertiary alicyclic amines) is 1. The molecule has 7 nitrogen and oxygen atoms in total. The van der Waals surface area contributed by atoms with E-state index in [9.17, 15) is 4.79 Å². The van der Waals surface area contributed by atoms with E-state index in [4.69, 9.17) is 4.52 Å². The largest absolute Gasteiger partial charge is 0.334 e. The molecule has 0 radical (unpaired) electrons. The Morgan fingerprint density at radius 2 is 2.15 bits per heavy atom. The van der Waals surface area contributed by atoms with Crippen LogP contribution in [0.4, 0.5) is 0 Å². The fourth-order valence-electron chi connectivity index (χ4n) is 3.38. The molecule has 4 rings (SSSR count). The predicted octanol–water partition coefficient (Wildman–Crippen LogP) is 2.51. The van der Waals surface area contributed by atoms with Gasteiger partial charge in [0.05, 0.1) is 18.6 Å². The molecule has 0 aliphatic carbocycles.